The molecule has 1 N–H and O–H groups in total. The number of thiazole rings is 1. The molecule has 0 fully saturated rings. The molecule has 0 unspecified atom stereocenters. The van der Waals surface area contributed by atoms with Gasteiger partial charge in [-0.05, 0) is 12.5 Å². The molecule has 4 heteroatoms. The third-order valence-electron chi connectivity index (χ3n) is 2.42. The molecule has 0 radical (unpaired) electrons. The van der Waals surface area contributed by atoms with Crippen LogP contribution >= 0.6 is 11.3 Å². The lowest BCUT2D eigenvalue weighted by Gasteiger charge is -2.00. The van der Waals surface area contributed by atoms with Gasteiger partial charge in [0.1, 0.15) is 0 Å². The number of carbonyl (C=O) groups is 1. The predicted molar refractivity (Wildman–Crippen MR) is 68.2 cm³/mol. The molecule has 0 saturated heterocycles. The lowest BCUT2D eigenvalue weighted by Crippen LogP contribution is -1.98. The summed E-state index contributed by atoms with van der Waals surface area (Å²) in [5.41, 5.74) is 2.00. The van der Waals surface area contributed by atoms with Crippen LogP contribution in [0.2, 0.25) is 0 Å². The summed E-state index contributed by atoms with van der Waals surface area (Å²) in [4.78, 5) is 16.1. The van der Waals surface area contributed by atoms with Crippen molar-refractivity contribution in [2.45, 2.75) is 19.8 Å². The molecule has 88 valence electrons. The molecule has 1 heterocycles. The first-order chi connectivity index (χ1) is 8.16. The van der Waals surface area contributed by atoms with Gasteiger partial charge in [-0.15, -0.1) is 11.3 Å². The van der Waals surface area contributed by atoms with Crippen molar-refractivity contribution in [1.29, 1.82) is 0 Å². The fourth-order valence-electron chi connectivity index (χ4n) is 1.68. The number of carboxylic acids is 1. The second-order valence-electron chi connectivity index (χ2n) is 3.77. The molecule has 0 aliphatic rings. The van der Waals surface area contributed by atoms with Gasteiger partial charge < -0.3 is 5.11 Å². The molecule has 0 spiro atoms. The second-order valence-corrected chi connectivity index (χ2v) is 4.97. The van der Waals surface area contributed by atoms with Crippen LogP contribution in [0.25, 0.3) is 10.4 Å². The van der Waals surface area contributed by atoms with Crippen LogP contribution in [0.4, 0.5) is 0 Å². The largest absolute Gasteiger partial charge is 0.481 e. The minimum absolute atomic E-state index is 0.128. The smallest absolute Gasteiger partial charge is 0.303 e. The number of rotatable bonds is 4. The Hall–Kier alpha value is -1.68. The van der Waals surface area contributed by atoms with Crippen LogP contribution in [-0.2, 0) is 11.2 Å². The summed E-state index contributed by atoms with van der Waals surface area (Å²) in [6.07, 6.45) is 0.618. The molecular formula is C13H13NO2S. The molecule has 0 aliphatic heterocycles. The monoisotopic (exact) mass is 247 g/mol. The number of aryl methyl sites for hydroxylation is 2. The molecule has 0 aliphatic carbocycles. The highest BCUT2D eigenvalue weighted by Crippen LogP contribution is 2.30. The summed E-state index contributed by atoms with van der Waals surface area (Å²) in [7, 11) is 0. The molecule has 0 saturated carbocycles. The van der Waals surface area contributed by atoms with Crippen LogP contribution < -0.4 is 0 Å². The van der Waals surface area contributed by atoms with E-state index in [2.05, 4.69) is 4.98 Å². The first-order valence-electron chi connectivity index (χ1n) is 5.40. The fourth-order valence-corrected chi connectivity index (χ4v) is 2.65. The van der Waals surface area contributed by atoms with E-state index in [1.165, 1.54) is 0 Å². The summed E-state index contributed by atoms with van der Waals surface area (Å²) >= 11 is 1.62. The highest BCUT2D eigenvalue weighted by Gasteiger charge is 2.12. The van der Waals surface area contributed by atoms with Gasteiger partial charge in [-0.1, -0.05) is 30.3 Å². The SMILES string of the molecule is Cc1nc(CCC(=O)O)c(-c2ccccc2)s1. The van der Waals surface area contributed by atoms with Gasteiger partial charge in [-0.3, -0.25) is 4.79 Å². The maximum Gasteiger partial charge on any atom is 0.303 e. The highest BCUT2D eigenvalue weighted by atomic mass is 32.1. The number of nitrogens with zero attached hydrogens (tertiary/aromatic N) is 1. The normalized spacial score (nSPS) is 10.4. The van der Waals surface area contributed by atoms with Crippen molar-refractivity contribution in [2.24, 2.45) is 0 Å². The van der Waals surface area contributed by atoms with E-state index in [1.54, 1.807) is 11.3 Å². The van der Waals surface area contributed by atoms with Gasteiger partial charge >= 0.3 is 5.97 Å². The van der Waals surface area contributed by atoms with Crippen LogP contribution in [0, 0.1) is 6.92 Å². The van der Waals surface area contributed by atoms with Crippen molar-refractivity contribution < 1.29 is 9.90 Å². The van der Waals surface area contributed by atoms with Crippen LogP contribution in [0.3, 0.4) is 0 Å². The summed E-state index contributed by atoms with van der Waals surface area (Å²) in [6, 6.07) is 9.97. The second kappa shape index (κ2) is 5.10. The van der Waals surface area contributed by atoms with E-state index in [9.17, 15) is 4.79 Å². The number of aliphatic carboxylic acids is 1. The molecule has 0 atom stereocenters. The van der Waals surface area contributed by atoms with Gasteiger partial charge in [0.05, 0.1) is 22.0 Å². The molecule has 17 heavy (non-hydrogen) atoms. The van der Waals surface area contributed by atoms with Gasteiger partial charge in [0.15, 0.2) is 0 Å². The van der Waals surface area contributed by atoms with Crippen molar-refractivity contribution in [3.63, 3.8) is 0 Å². The van der Waals surface area contributed by atoms with Gasteiger partial charge in [-0.2, -0.15) is 0 Å². The van der Waals surface area contributed by atoms with Crippen molar-refractivity contribution in [2.75, 3.05) is 0 Å². The number of hydrogen-bond acceptors (Lipinski definition) is 3. The van der Waals surface area contributed by atoms with E-state index < -0.39 is 5.97 Å². The Morgan fingerprint density at radius 2 is 2.06 bits per heavy atom. The maximum absolute atomic E-state index is 10.6. The molecule has 1 aromatic heterocycles. The van der Waals surface area contributed by atoms with Gasteiger partial charge in [0, 0.05) is 6.42 Å². The molecule has 2 rings (SSSR count). The van der Waals surface area contributed by atoms with Crippen LogP contribution in [-0.4, -0.2) is 16.1 Å². The molecule has 1 aromatic carbocycles. The molecule has 2 aromatic rings. The summed E-state index contributed by atoms with van der Waals surface area (Å²) < 4.78 is 0. The zero-order valence-corrected chi connectivity index (χ0v) is 10.3. The Morgan fingerprint density at radius 1 is 1.35 bits per heavy atom. The number of benzene rings is 1. The van der Waals surface area contributed by atoms with Gasteiger partial charge in [0.2, 0.25) is 0 Å². The van der Waals surface area contributed by atoms with E-state index in [4.69, 9.17) is 5.11 Å². The number of aromatic nitrogens is 1. The maximum atomic E-state index is 10.6. The first kappa shape index (κ1) is 11.8. The Kier molecular flexibility index (Phi) is 3.54. The van der Waals surface area contributed by atoms with Gasteiger partial charge in [-0.25, -0.2) is 4.98 Å². The minimum Gasteiger partial charge on any atom is -0.481 e. The highest BCUT2D eigenvalue weighted by molar-refractivity contribution is 7.15. The van der Waals surface area contributed by atoms with Crippen molar-refractivity contribution in [1.82, 2.24) is 4.98 Å². The van der Waals surface area contributed by atoms with E-state index >= 15 is 0 Å². The molecule has 0 amide bonds. The van der Waals surface area contributed by atoms with Crippen LogP contribution in [0.1, 0.15) is 17.1 Å². The predicted octanol–water partition coefficient (Wildman–Crippen LogP) is 3.14. The Labute approximate surface area is 104 Å². The Balaban J connectivity index is 2.31. The lowest BCUT2D eigenvalue weighted by atomic mass is 10.1. The zero-order chi connectivity index (χ0) is 12.3. The van der Waals surface area contributed by atoms with E-state index in [0.29, 0.717) is 6.42 Å². The van der Waals surface area contributed by atoms with Crippen molar-refractivity contribution in [3.8, 4) is 10.4 Å². The van der Waals surface area contributed by atoms with E-state index in [-0.39, 0.29) is 6.42 Å². The Morgan fingerprint density at radius 3 is 2.71 bits per heavy atom. The number of hydrogen-bond donors (Lipinski definition) is 1. The summed E-state index contributed by atoms with van der Waals surface area (Å²) in [5.74, 6) is -0.783. The average Bonchev–Trinajstić information content (AvgIpc) is 2.69. The van der Waals surface area contributed by atoms with Crippen molar-refractivity contribution in [3.05, 3.63) is 41.0 Å². The summed E-state index contributed by atoms with van der Waals surface area (Å²) in [5, 5.41) is 9.69. The molecular weight excluding hydrogens is 234 g/mol. The average molecular weight is 247 g/mol. The summed E-state index contributed by atoms with van der Waals surface area (Å²) in [6.45, 7) is 1.95. The topological polar surface area (TPSA) is 50.2 Å². The Bertz CT molecular complexity index is 519. The first-order valence-corrected chi connectivity index (χ1v) is 6.22. The molecule has 3 nitrogen and oxygen atoms in total. The zero-order valence-electron chi connectivity index (χ0n) is 9.51. The van der Waals surface area contributed by atoms with Crippen LogP contribution in [0.15, 0.2) is 30.3 Å². The standard InChI is InChI=1S/C13H13NO2S/c1-9-14-11(7-8-12(15)16)13(17-9)10-5-3-2-4-6-10/h2-6H,7-8H2,1H3,(H,15,16). The van der Waals surface area contributed by atoms with Gasteiger partial charge in [0.25, 0.3) is 0 Å². The number of carboxylic acid groups (broad SMARTS) is 1. The minimum atomic E-state index is -0.783. The van der Waals surface area contributed by atoms with E-state index in [1.807, 2.05) is 37.3 Å². The van der Waals surface area contributed by atoms with Crippen molar-refractivity contribution >= 4 is 17.3 Å². The lowest BCUT2D eigenvalue weighted by molar-refractivity contribution is -0.136. The fraction of sp³-hybridized carbons (Fsp3) is 0.231. The van der Waals surface area contributed by atoms with Crippen LogP contribution in [0.5, 0.6) is 0 Å². The molecule has 0 bridgehead atoms. The quantitative estimate of drug-likeness (QED) is 0.903. The third kappa shape index (κ3) is 2.91. The van der Waals surface area contributed by atoms with E-state index in [0.717, 1.165) is 21.1 Å². The third-order valence-corrected chi connectivity index (χ3v) is 3.48.